The van der Waals surface area contributed by atoms with E-state index in [4.69, 9.17) is 0 Å². The van der Waals surface area contributed by atoms with Gasteiger partial charge in [0, 0.05) is 30.4 Å². The maximum atomic E-state index is 12.5. The number of aromatic nitrogens is 2. The molecule has 24 heavy (non-hydrogen) atoms. The number of aryl methyl sites for hydroxylation is 1. The third-order valence-corrected chi connectivity index (χ3v) is 3.85. The van der Waals surface area contributed by atoms with Crippen molar-refractivity contribution in [1.82, 2.24) is 9.38 Å². The molecule has 3 aromatic rings. The zero-order valence-electron chi connectivity index (χ0n) is 13.0. The Morgan fingerprint density at radius 1 is 1.08 bits per heavy atom. The van der Waals surface area contributed by atoms with Gasteiger partial charge in [0.15, 0.2) is 0 Å². The fourth-order valence-corrected chi connectivity index (χ4v) is 2.71. The number of alkyl halides is 3. The van der Waals surface area contributed by atoms with Crippen LogP contribution in [-0.2, 0) is 23.8 Å². The lowest BCUT2D eigenvalue weighted by molar-refractivity contribution is -0.137. The molecule has 0 saturated heterocycles. The molecule has 6 heteroatoms. The second-order valence-electron chi connectivity index (χ2n) is 5.70. The molecule has 0 spiro atoms. The molecular formula is C18H15F3N2O. The Kier molecular flexibility index (Phi) is 4.13. The third kappa shape index (κ3) is 3.32. The van der Waals surface area contributed by atoms with Crippen LogP contribution >= 0.6 is 0 Å². The Morgan fingerprint density at radius 2 is 1.79 bits per heavy atom. The predicted octanol–water partition coefficient (Wildman–Crippen LogP) is 4.02. The number of carbonyl (C=O) groups is 1. The van der Waals surface area contributed by atoms with E-state index >= 15 is 0 Å². The van der Waals surface area contributed by atoms with Gasteiger partial charge in [0.25, 0.3) is 0 Å². The minimum atomic E-state index is -4.36. The molecule has 0 fully saturated rings. The first kappa shape index (κ1) is 16.2. The Hall–Kier alpha value is -2.63. The van der Waals surface area contributed by atoms with Gasteiger partial charge in [-0.3, -0.25) is 4.79 Å². The molecule has 0 N–H and O–H groups in total. The number of rotatable bonds is 4. The van der Waals surface area contributed by atoms with E-state index in [2.05, 4.69) is 4.98 Å². The van der Waals surface area contributed by atoms with Crippen molar-refractivity contribution in [3.63, 3.8) is 0 Å². The molecule has 0 bridgehead atoms. The summed E-state index contributed by atoms with van der Waals surface area (Å²) in [6.45, 7) is 1.91. The smallest absolute Gasteiger partial charge is 0.301 e. The largest absolute Gasteiger partial charge is 0.416 e. The van der Waals surface area contributed by atoms with Crippen LogP contribution in [0.2, 0.25) is 0 Å². The summed E-state index contributed by atoms with van der Waals surface area (Å²) in [5, 5.41) is 0. The summed E-state index contributed by atoms with van der Waals surface area (Å²) in [5.41, 5.74) is 2.38. The van der Waals surface area contributed by atoms with Crippen LogP contribution in [0.25, 0.3) is 5.65 Å². The number of nitrogens with zero attached hydrogens (tertiary/aromatic N) is 2. The van der Waals surface area contributed by atoms with Crippen LogP contribution in [0, 0.1) is 6.92 Å². The van der Waals surface area contributed by atoms with Crippen LogP contribution in [0.3, 0.4) is 0 Å². The molecular weight excluding hydrogens is 317 g/mol. The minimum Gasteiger partial charge on any atom is -0.301 e. The zero-order chi connectivity index (χ0) is 17.3. The third-order valence-electron chi connectivity index (χ3n) is 3.85. The van der Waals surface area contributed by atoms with E-state index in [1.165, 1.54) is 12.1 Å². The van der Waals surface area contributed by atoms with Crippen molar-refractivity contribution in [2.24, 2.45) is 0 Å². The monoisotopic (exact) mass is 332 g/mol. The van der Waals surface area contributed by atoms with E-state index in [9.17, 15) is 18.0 Å². The van der Waals surface area contributed by atoms with Crippen LogP contribution in [0.15, 0.2) is 48.7 Å². The molecule has 0 atom stereocenters. The molecule has 3 nitrogen and oxygen atoms in total. The van der Waals surface area contributed by atoms with Gasteiger partial charge in [-0.05, 0) is 36.8 Å². The summed E-state index contributed by atoms with van der Waals surface area (Å²) in [7, 11) is 0. The predicted molar refractivity (Wildman–Crippen MR) is 83.8 cm³/mol. The highest BCUT2D eigenvalue weighted by atomic mass is 19.4. The van der Waals surface area contributed by atoms with Crippen LogP contribution in [0.4, 0.5) is 13.2 Å². The van der Waals surface area contributed by atoms with Crippen LogP contribution in [0.5, 0.6) is 0 Å². The lowest BCUT2D eigenvalue weighted by atomic mass is 10.0. The average molecular weight is 332 g/mol. The number of benzene rings is 1. The molecule has 2 heterocycles. The van der Waals surface area contributed by atoms with E-state index in [0.29, 0.717) is 5.56 Å². The maximum absolute atomic E-state index is 12.5. The zero-order valence-corrected chi connectivity index (χ0v) is 13.0. The fraction of sp³-hybridized carbons (Fsp3) is 0.222. The van der Waals surface area contributed by atoms with E-state index < -0.39 is 11.7 Å². The van der Waals surface area contributed by atoms with Gasteiger partial charge in [0.1, 0.15) is 11.4 Å². The quantitative estimate of drug-likeness (QED) is 0.723. The fourth-order valence-electron chi connectivity index (χ4n) is 2.71. The van der Waals surface area contributed by atoms with Gasteiger partial charge in [-0.2, -0.15) is 13.2 Å². The van der Waals surface area contributed by atoms with E-state index in [0.717, 1.165) is 29.2 Å². The number of Topliss-reactive ketones (excluding diaryl/α,β-unsaturated/α-hetero) is 1. The second-order valence-corrected chi connectivity index (χ2v) is 5.70. The van der Waals surface area contributed by atoms with Crippen molar-refractivity contribution in [2.75, 3.05) is 0 Å². The van der Waals surface area contributed by atoms with Crippen molar-refractivity contribution < 1.29 is 18.0 Å². The number of pyridine rings is 1. The number of halogens is 3. The molecule has 0 amide bonds. The lowest BCUT2D eigenvalue weighted by Gasteiger charge is -2.08. The SMILES string of the molecule is Cc1cnc2cccc(CC(=O)Cc3ccc(C(F)(F)F)cc3)n12. The molecule has 0 aliphatic carbocycles. The summed E-state index contributed by atoms with van der Waals surface area (Å²) < 4.78 is 39.6. The Labute approximate surface area is 136 Å². The van der Waals surface area contributed by atoms with Gasteiger partial charge < -0.3 is 4.40 Å². The minimum absolute atomic E-state index is 0.0599. The molecule has 2 aromatic heterocycles. The van der Waals surface area contributed by atoms with Crippen molar-refractivity contribution in [2.45, 2.75) is 25.9 Å². The normalized spacial score (nSPS) is 11.8. The van der Waals surface area contributed by atoms with Crippen LogP contribution < -0.4 is 0 Å². The highest BCUT2D eigenvalue weighted by Crippen LogP contribution is 2.29. The first-order chi connectivity index (χ1) is 11.3. The second kappa shape index (κ2) is 6.11. The molecule has 1 aromatic carbocycles. The van der Waals surface area contributed by atoms with Crippen molar-refractivity contribution in [3.05, 3.63) is 71.2 Å². The van der Waals surface area contributed by atoms with Gasteiger partial charge in [0.05, 0.1) is 5.56 Å². The first-order valence-corrected chi connectivity index (χ1v) is 7.44. The number of hydrogen-bond donors (Lipinski definition) is 0. The van der Waals surface area contributed by atoms with E-state index in [1.807, 2.05) is 29.5 Å². The summed E-state index contributed by atoms with van der Waals surface area (Å²) in [6, 6.07) is 10.3. The summed E-state index contributed by atoms with van der Waals surface area (Å²) in [5.74, 6) is -0.0599. The van der Waals surface area contributed by atoms with E-state index in [-0.39, 0.29) is 18.6 Å². The molecule has 124 valence electrons. The summed E-state index contributed by atoms with van der Waals surface area (Å²) in [6.07, 6.45) is -2.33. The van der Waals surface area contributed by atoms with Gasteiger partial charge in [-0.25, -0.2) is 4.98 Å². The van der Waals surface area contributed by atoms with Crippen LogP contribution in [0.1, 0.15) is 22.5 Å². The highest BCUT2D eigenvalue weighted by Gasteiger charge is 2.29. The Bertz CT molecular complexity index is 879. The highest BCUT2D eigenvalue weighted by molar-refractivity contribution is 5.83. The van der Waals surface area contributed by atoms with E-state index in [1.54, 1.807) is 6.20 Å². The standard InChI is InChI=1S/C18H15F3N2O/c1-12-11-22-17-4-2-3-15(23(12)17)10-16(24)9-13-5-7-14(8-6-13)18(19,20)21/h2-8,11H,9-10H2,1H3. The van der Waals surface area contributed by atoms with Crippen molar-refractivity contribution in [3.8, 4) is 0 Å². The van der Waals surface area contributed by atoms with Crippen molar-refractivity contribution >= 4 is 11.4 Å². The molecule has 0 unspecified atom stereocenters. The molecule has 0 aliphatic heterocycles. The number of fused-ring (bicyclic) bond motifs is 1. The van der Waals surface area contributed by atoms with Crippen molar-refractivity contribution in [1.29, 1.82) is 0 Å². The number of ketones is 1. The van der Waals surface area contributed by atoms with Gasteiger partial charge in [0.2, 0.25) is 0 Å². The molecule has 3 rings (SSSR count). The lowest BCUT2D eigenvalue weighted by Crippen LogP contribution is -2.11. The average Bonchev–Trinajstić information content (AvgIpc) is 2.89. The first-order valence-electron chi connectivity index (χ1n) is 7.44. The number of carbonyl (C=O) groups excluding carboxylic acids is 1. The van der Waals surface area contributed by atoms with Gasteiger partial charge in [-0.1, -0.05) is 18.2 Å². The molecule has 0 saturated carbocycles. The molecule has 0 aliphatic rings. The Morgan fingerprint density at radius 3 is 2.46 bits per heavy atom. The van der Waals surface area contributed by atoms with Gasteiger partial charge in [-0.15, -0.1) is 0 Å². The van der Waals surface area contributed by atoms with Gasteiger partial charge >= 0.3 is 6.18 Å². The summed E-state index contributed by atoms with van der Waals surface area (Å²) >= 11 is 0. The summed E-state index contributed by atoms with van der Waals surface area (Å²) in [4.78, 5) is 16.5. The number of hydrogen-bond acceptors (Lipinski definition) is 2. The Balaban J connectivity index is 1.74. The maximum Gasteiger partial charge on any atom is 0.416 e. The van der Waals surface area contributed by atoms with Crippen LogP contribution in [-0.4, -0.2) is 15.2 Å². The molecule has 0 radical (unpaired) electrons. The topological polar surface area (TPSA) is 34.4 Å². The number of imidazole rings is 1.